The van der Waals surface area contributed by atoms with Crippen LogP contribution in [0.4, 0.5) is 10.3 Å². The molecule has 8 heteroatoms. The summed E-state index contributed by atoms with van der Waals surface area (Å²) in [5.41, 5.74) is 2.24. The molecular weight excluding hydrogens is 383 g/mol. The van der Waals surface area contributed by atoms with Gasteiger partial charge in [0.25, 0.3) is 5.91 Å². The molecule has 0 N–H and O–H groups in total. The second kappa shape index (κ2) is 7.55. The molecular formula is C22H19FN6O. The fourth-order valence-electron chi connectivity index (χ4n) is 3.71. The van der Waals surface area contributed by atoms with E-state index < -0.39 is 0 Å². The van der Waals surface area contributed by atoms with E-state index in [2.05, 4.69) is 19.9 Å². The third-order valence-corrected chi connectivity index (χ3v) is 5.26. The number of rotatable bonds is 3. The number of fused-ring (bicyclic) bond motifs is 1. The average Bonchev–Trinajstić information content (AvgIpc) is 3.20. The van der Waals surface area contributed by atoms with E-state index >= 15 is 0 Å². The zero-order chi connectivity index (χ0) is 20.5. The van der Waals surface area contributed by atoms with Crippen molar-refractivity contribution in [1.29, 1.82) is 0 Å². The fraction of sp³-hybridized carbons (Fsp3) is 0.182. The van der Waals surface area contributed by atoms with Crippen molar-refractivity contribution in [2.45, 2.75) is 0 Å². The molecule has 4 aromatic rings. The van der Waals surface area contributed by atoms with Gasteiger partial charge in [-0.05, 0) is 42.5 Å². The first kappa shape index (κ1) is 18.2. The second-order valence-electron chi connectivity index (χ2n) is 7.07. The summed E-state index contributed by atoms with van der Waals surface area (Å²) in [4.78, 5) is 30.4. The van der Waals surface area contributed by atoms with Gasteiger partial charge in [-0.15, -0.1) is 0 Å². The Labute approximate surface area is 172 Å². The van der Waals surface area contributed by atoms with Crippen molar-refractivity contribution in [2.24, 2.45) is 0 Å². The molecule has 0 bridgehead atoms. The minimum atomic E-state index is -0.307. The first-order chi connectivity index (χ1) is 14.7. The highest BCUT2D eigenvalue weighted by Gasteiger charge is 2.27. The Hall–Kier alpha value is -3.81. The van der Waals surface area contributed by atoms with Crippen molar-refractivity contribution >= 4 is 17.4 Å². The van der Waals surface area contributed by atoms with Gasteiger partial charge < -0.3 is 9.80 Å². The Kier molecular flexibility index (Phi) is 4.59. The number of anilines is 1. The fourth-order valence-corrected chi connectivity index (χ4v) is 3.71. The maximum atomic E-state index is 13.3. The van der Waals surface area contributed by atoms with E-state index in [4.69, 9.17) is 0 Å². The van der Waals surface area contributed by atoms with Crippen molar-refractivity contribution in [1.82, 2.24) is 24.3 Å². The lowest BCUT2D eigenvalue weighted by Crippen LogP contribution is -2.49. The van der Waals surface area contributed by atoms with Crippen LogP contribution in [0.5, 0.6) is 0 Å². The van der Waals surface area contributed by atoms with Gasteiger partial charge in [0.1, 0.15) is 5.82 Å². The number of amides is 1. The molecule has 1 saturated heterocycles. The van der Waals surface area contributed by atoms with Crippen LogP contribution >= 0.6 is 0 Å². The number of hydrogen-bond donors (Lipinski definition) is 0. The third-order valence-electron chi connectivity index (χ3n) is 5.26. The van der Waals surface area contributed by atoms with Gasteiger partial charge in [-0.3, -0.25) is 9.20 Å². The summed E-state index contributed by atoms with van der Waals surface area (Å²) in [7, 11) is 0. The van der Waals surface area contributed by atoms with Crippen LogP contribution in [0.3, 0.4) is 0 Å². The summed E-state index contributed by atoms with van der Waals surface area (Å²) >= 11 is 0. The van der Waals surface area contributed by atoms with E-state index in [0.717, 1.165) is 11.1 Å². The molecule has 1 amide bonds. The largest absolute Gasteiger partial charge is 0.337 e. The van der Waals surface area contributed by atoms with Gasteiger partial charge in [-0.1, -0.05) is 6.07 Å². The number of piperazine rings is 1. The molecule has 0 aliphatic carbocycles. The third kappa shape index (κ3) is 3.26. The number of carbonyl (C=O) groups is 1. The molecule has 0 spiro atoms. The maximum Gasteiger partial charge on any atom is 0.290 e. The van der Waals surface area contributed by atoms with E-state index in [1.165, 1.54) is 12.1 Å². The van der Waals surface area contributed by atoms with Crippen LogP contribution in [0.15, 0.2) is 67.1 Å². The highest BCUT2D eigenvalue weighted by Crippen LogP contribution is 2.26. The van der Waals surface area contributed by atoms with E-state index in [1.54, 1.807) is 39.9 Å². The van der Waals surface area contributed by atoms with E-state index in [0.29, 0.717) is 43.6 Å². The highest BCUT2D eigenvalue weighted by atomic mass is 19.1. The minimum Gasteiger partial charge on any atom is -0.337 e. The Balaban J connectivity index is 1.42. The van der Waals surface area contributed by atoms with Gasteiger partial charge in [0, 0.05) is 50.3 Å². The molecule has 5 rings (SSSR count). The molecule has 150 valence electrons. The molecule has 0 saturated carbocycles. The lowest BCUT2D eigenvalue weighted by atomic mass is 10.1. The molecule has 1 aliphatic rings. The zero-order valence-corrected chi connectivity index (χ0v) is 16.1. The van der Waals surface area contributed by atoms with E-state index in [-0.39, 0.29) is 11.7 Å². The lowest BCUT2D eigenvalue weighted by molar-refractivity contribution is 0.0733. The topological polar surface area (TPSA) is 66.6 Å². The number of carbonyl (C=O) groups excluding carboxylic acids is 1. The minimum absolute atomic E-state index is 0.127. The molecule has 0 atom stereocenters. The standard InChI is InChI=1S/C22H19FN6O/c23-17-7-5-16(6-8-17)19-18-4-1-2-11-29(18)20(26-19)21(30)27-12-14-28(15-13-27)22-24-9-3-10-25-22/h1-11H,12-15H2. The predicted molar refractivity (Wildman–Crippen MR) is 111 cm³/mol. The second-order valence-corrected chi connectivity index (χ2v) is 7.07. The summed E-state index contributed by atoms with van der Waals surface area (Å²) in [6.07, 6.45) is 5.26. The summed E-state index contributed by atoms with van der Waals surface area (Å²) in [5.74, 6) is 0.598. The smallest absolute Gasteiger partial charge is 0.290 e. The Morgan fingerprint density at radius 2 is 1.63 bits per heavy atom. The lowest BCUT2D eigenvalue weighted by Gasteiger charge is -2.34. The molecule has 1 aliphatic heterocycles. The van der Waals surface area contributed by atoms with Crippen LogP contribution in [-0.2, 0) is 0 Å². The Morgan fingerprint density at radius 1 is 0.900 bits per heavy atom. The van der Waals surface area contributed by atoms with Gasteiger partial charge in [-0.25, -0.2) is 19.3 Å². The van der Waals surface area contributed by atoms with E-state index in [1.807, 2.05) is 24.4 Å². The average molecular weight is 402 g/mol. The molecule has 7 nitrogen and oxygen atoms in total. The van der Waals surface area contributed by atoms with Crippen LogP contribution in [0.25, 0.3) is 16.8 Å². The van der Waals surface area contributed by atoms with Crippen LogP contribution in [0.1, 0.15) is 10.6 Å². The molecule has 1 aromatic carbocycles. The number of pyridine rings is 1. The van der Waals surface area contributed by atoms with Crippen LogP contribution in [-0.4, -0.2) is 56.3 Å². The Morgan fingerprint density at radius 3 is 2.37 bits per heavy atom. The normalized spacial score (nSPS) is 14.3. The molecule has 4 heterocycles. The molecule has 30 heavy (non-hydrogen) atoms. The summed E-state index contributed by atoms with van der Waals surface area (Å²) in [6.45, 7) is 2.43. The molecule has 0 radical (unpaired) electrons. The van der Waals surface area contributed by atoms with Gasteiger partial charge in [-0.2, -0.15) is 0 Å². The SMILES string of the molecule is O=C(c1nc(-c2ccc(F)cc2)c2ccccn12)N1CCN(c2ncccn2)CC1. The van der Waals surface area contributed by atoms with Crippen molar-refractivity contribution in [2.75, 3.05) is 31.1 Å². The van der Waals surface area contributed by atoms with Crippen molar-refractivity contribution in [3.8, 4) is 11.3 Å². The molecule has 3 aromatic heterocycles. The van der Waals surface area contributed by atoms with Crippen LogP contribution in [0.2, 0.25) is 0 Å². The monoisotopic (exact) mass is 402 g/mol. The number of benzene rings is 1. The molecule has 1 fully saturated rings. The number of hydrogen-bond acceptors (Lipinski definition) is 5. The van der Waals surface area contributed by atoms with Crippen molar-refractivity contribution in [3.63, 3.8) is 0 Å². The van der Waals surface area contributed by atoms with Crippen molar-refractivity contribution < 1.29 is 9.18 Å². The highest BCUT2D eigenvalue weighted by molar-refractivity contribution is 5.94. The number of nitrogens with zero attached hydrogens (tertiary/aromatic N) is 6. The first-order valence-corrected chi connectivity index (χ1v) is 9.75. The Bertz CT molecular complexity index is 1180. The summed E-state index contributed by atoms with van der Waals surface area (Å²) in [5, 5.41) is 0. The molecule has 0 unspecified atom stereocenters. The predicted octanol–water partition coefficient (Wildman–Crippen LogP) is 2.89. The number of aromatic nitrogens is 4. The van der Waals surface area contributed by atoms with Gasteiger partial charge in [0.05, 0.1) is 11.2 Å². The van der Waals surface area contributed by atoms with Gasteiger partial charge in [0.2, 0.25) is 11.8 Å². The summed E-state index contributed by atoms with van der Waals surface area (Å²) in [6, 6.07) is 13.6. The first-order valence-electron chi connectivity index (χ1n) is 9.75. The number of imidazole rings is 1. The summed E-state index contributed by atoms with van der Waals surface area (Å²) < 4.78 is 15.1. The van der Waals surface area contributed by atoms with Crippen LogP contribution < -0.4 is 4.90 Å². The van der Waals surface area contributed by atoms with Gasteiger partial charge >= 0.3 is 0 Å². The zero-order valence-electron chi connectivity index (χ0n) is 16.1. The van der Waals surface area contributed by atoms with E-state index in [9.17, 15) is 9.18 Å². The van der Waals surface area contributed by atoms with Gasteiger partial charge in [0.15, 0.2) is 0 Å². The van der Waals surface area contributed by atoms with Crippen LogP contribution in [0, 0.1) is 5.82 Å². The van der Waals surface area contributed by atoms with Crippen molar-refractivity contribution in [3.05, 3.63) is 78.8 Å². The number of halogens is 1. The maximum absolute atomic E-state index is 13.3. The quantitative estimate of drug-likeness (QED) is 0.527.